The van der Waals surface area contributed by atoms with Crippen LogP contribution in [0.3, 0.4) is 0 Å². The highest BCUT2D eigenvalue weighted by molar-refractivity contribution is 5.89. The van der Waals surface area contributed by atoms with Gasteiger partial charge >= 0.3 is 36.0 Å². The second kappa shape index (κ2) is 13.7. The molecule has 17 heteroatoms. The molecular formula is C26H26F3N5O9. The molecule has 230 valence electrons. The predicted molar refractivity (Wildman–Crippen MR) is 140 cm³/mol. The summed E-state index contributed by atoms with van der Waals surface area (Å²) >= 11 is 0. The molecule has 0 radical (unpaired) electrons. The average Bonchev–Trinajstić information content (AvgIpc) is 3.45. The fourth-order valence-corrected chi connectivity index (χ4v) is 4.14. The van der Waals surface area contributed by atoms with Crippen LogP contribution in [0.15, 0.2) is 42.6 Å². The van der Waals surface area contributed by atoms with Gasteiger partial charge in [-0.25, -0.2) is 14.4 Å². The molecule has 14 nitrogen and oxygen atoms in total. The summed E-state index contributed by atoms with van der Waals surface area (Å²) in [7, 11) is 0. The number of carboxylic acid groups (broad SMARTS) is 2. The maximum Gasteiger partial charge on any atom is 0.416 e. The van der Waals surface area contributed by atoms with Crippen LogP contribution >= 0.6 is 0 Å². The van der Waals surface area contributed by atoms with Crippen molar-refractivity contribution < 1.29 is 52.2 Å². The number of carbonyl (C=O) groups excluding carboxylic acids is 1. The molecule has 1 atom stereocenters. The Morgan fingerprint density at radius 3 is 2.26 bits per heavy atom. The van der Waals surface area contributed by atoms with Crippen LogP contribution in [0.4, 0.5) is 23.8 Å². The van der Waals surface area contributed by atoms with Gasteiger partial charge in [0.25, 0.3) is 0 Å². The zero-order chi connectivity index (χ0) is 31.8. The van der Waals surface area contributed by atoms with Gasteiger partial charge in [0, 0.05) is 55.4 Å². The van der Waals surface area contributed by atoms with Gasteiger partial charge in [-0.15, -0.1) is 0 Å². The third-order valence-electron chi connectivity index (χ3n) is 6.03. The van der Waals surface area contributed by atoms with Gasteiger partial charge in [0.05, 0.1) is 12.1 Å². The molecule has 2 aliphatic rings. The first kappa shape index (κ1) is 32.4. The highest BCUT2D eigenvalue weighted by Crippen LogP contribution is 2.32. The molecule has 3 heterocycles. The first-order valence-electron chi connectivity index (χ1n) is 12.5. The van der Waals surface area contributed by atoms with Gasteiger partial charge < -0.3 is 34.7 Å². The van der Waals surface area contributed by atoms with Gasteiger partial charge in [0.1, 0.15) is 11.8 Å². The zero-order valence-electron chi connectivity index (χ0n) is 22.6. The molecule has 2 aliphatic heterocycles. The third kappa shape index (κ3) is 9.74. The van der Waals surface area contributed by atoms with E-state index in [9.17, 15) is 37.7 Å². The molecule has 2 N–H and O–H groups in total. The van der Waals surface area contributed by atoms with Crippen molar-refractivity contribution in [1.82, 2.24) is 19.4 Å². The normalized spacial score (nSPS) is 18.0. The van der Waals surface area contributed by atoms with Crippen molar-refractivity contribution in [2.24, 2.45) is 0 Å². The van der Waals surface area contributed by atoms with Crippen LogP contribution in [-0.2, 0) is 27.0 Å². The van der Waals surface area contributed by atoms with Gasteiger partial charge in [-0.05, 0) is 36.1 Å². The Morgan fingerprint density at radius 1 is 1.14 bits per heavy atom. The first-order chi connectivity index (χ1) is 20.1. The molecule has 1 fully saturated rings. The Hall–Kier alpha value is -5.11. The second-order valence-electron chi connectivity index (χ2n) is 9.52. The number of alkyl halides is 3. The number of ether oxygens (including phenoxy) is 2. The molecule has 1 saturated heterocycles. The molecule has 1 aromatic carbocycles. The third-order valence-corrected chi connectivity index (χ3v) is 6.03. The number of aromatic nitrogens is 2. The van der Waals surface area contributed by atoms with E-state index < -0.39 is 40.3 Å². The van der Waals surface area contributed by atoms with E-state index in [4.69, 9.17) is 19.7 Å². The largest absolute Gasteiger partial charge is 0.478 e. The summed E-state index contributed by atoms with van der Waals surface area (Å²) in [6.07, 6.45) is -2.44. The van der Waals surface area contributed by atoms with Crippen molar-refractivity contribution in [3.8, 4) is 17.9 Å². The molecule has 2 aromatic rings. The van der Waals surface area contributed by atoms with Crippen molar-refractivity contribution in [2.45, 2.75) is 25.2 Å². The highest BCUT2D eigenvalue weighted by atomic mass is 19.4. The average molecular weight is 610 g/mol. The van der Waals surface area contributed by atoms with E-state index in [0.717, 1.165) is 12.1 Å². The van der Waals surface area contributed by atoms with Crippen LogP contribution in [0.5, 0.6) is 6.01 Å². The number of carboxylic acids is 2. The van der Waals surface area contributed by atoms with Crippen molar-refractivity contribution >= 4 is 23.8 Å². The number of hydrogen-bond acceptors (Lipinski definition) is 9. The van der Waals surface area contributed by atoms with Gasteiger partial charge in [-0.2, -0.15) is 13.2 Å². The number of aliphatic carboxylic acids is 2. The minimum atomic E-state index is -4.40. The van der Waals surface area contributed by atoms with Gasteiger partial charge in [0.2, 0.25) is 0 Å². The number of hydrogen-bond donors (Lipinski definition) is 2. The number of carbonyl (C=O) groups is 3. The minimum Gasteiger partial charge on any atom is -0.478 e. The molecule has 0 bridgehead atoms. The van der Waals surface area contributed by atoms with E-state index in [1.807, 2.05) is 6.92 Å². The van der Waals surface area contributed by atoms with Crippen LogP contribution in [0.1, 0.15) is 18.1 Å². The standard InChI is InChI=1S/C22H22F3N5O5.C4H4O4/c1-21(15-29-13-18(30(32)33)26-19(29)35-21)14-27-8-10-28(11-9-27)20(31)34-12-2-3-16-4-6-17(7-5-16)22(23,24)25;5-3(6)1-2-4(7)8/h4-7,13H,8-12,14-15H2,1H3;1-2H,(H,5,6)(H,7,8). The summed E-state index contributed by atoms with van der Waals surface area (Å²) in [6, 6.07) is 4.65. The van der Waals surface area contributed by atoms with Crippen LogP contribution in [0.25, 0.3) is 0 Å². The summed E-state index contributed by atoms with van der Waals surface area (Å²) in [5, 5.41) is 26.5. The number of rotatable bonds is 6. The Bertz CT molecular complexity index is 1400. The van der Waals surface area contributed by atoms with Gasteiger partial charge in [-0.1, -0.05) is 11.8 Å². The molecule has 0 spiro atoms. The quantitative estimate of drug-likeness (QED) is 0.213. The lowest BCUT2D eigenvalue weighted by Crippen LogP contribution is -2.54. The lowest BCUT2D eigenvalue weighted by Gasteiger charge is -2.37. The SMILES string of the molecule is CC1(CN2CCN(C(=O)OCC#Cc3ccc(C(F)(F)F)cc3)CC2)Cn2cc([N+](=O)[O-])nc2O1.O=C(O)C=CC(=O)O. The van der Waals surface area contributed by atoms with E-state index in [0.29, 0.717) is 57.0 Å². The minimum absolute atomic E-state index is 0.177. The summed E-state index contributed by atoms with van der Waals surface area (Å²) < 4.78 is 50.4. The van der Waals surface area contributed by atoms with Crippen LogP contribution in [0.2, 0.25) is 0 Å². The fraction of sp³-hybridized carbons (Fsp3) is 0.385. The number of imidazole rings is 1. The van der Waals surface area contributed by atoms with Crippen LogP contribution in [-0.4, -0.2) is 97.5 Å². The predicted octanol–water partition coefficient (Wildman–Crippen LogP) is 2.48. The van der Waals surface area contributed by atoms with Crippen molar-refractivity contribution in [2.75, 3.05) is 39.3 Å². The smallest absolute Gasteiger partial charge is 0.416 e. The van der Waals surface area contributed by atoms with Crippen molar-refractivity contribution in [3.05, 3.63) is 63.9 Å². The van der Waals surface area contributed by atoms with Gasteiger partial charge in [0.15, 0.2) is 6.61 Å². The number of nitro groups is 1. The van der Waals surface area contributed by atoms with E-state index >= 15 is 0 Å². The van der Waals surface area contributed by atoms with E-state index in [-0.39, 0.29) is 18.4 Å². The summed E-state index contributed by atoms with van der Waals surface area (Å²) in [5.41, 5.74) is -0.951. The topological polar surface area (TPSA) is 178 Å². The second-order valence-corrected chi connectivity index (χ2v) is 9.52. The number of piperazine rings is 1. The number of halogens is 3. The fourth-order valence-electron chi connectivity index (χ4n) is 4.14. The number of nitrogens with zero attached hydrogens (tertiary/aromatic N) is 5. The first-order valence-corrected chi connectivity index (χ1v) is 12.5. The van der Waals surface area contributed by atoms with Gasteiger partial charge in [-0.3, -0.25) is 9.47 Å². The zero-order valence-corrected chi connectivity index (χ0v) is 22.6. The van der Waals surface area contributed by atoms with E-state index in [1.54, 1.807) is 9.47 Å². The molecule has 1 aromatic heterocycles. The molecule has 0 saturated carbocycles. The number of benzene rings is 1. The van der Waals surface area contributed by atoms with Crippen molar-refractivity contribution in [3.63, 3.8) is 0 Å². The highest BCUT2D eigenvalue weighted by Gasteiger charge is 2.42. The lowest BCUT2D eigenvalue weighted by molar-refractivity contribution is -0.389. The Balaban J connectivity index is 0.000000557. The maximum atomic E-state index is 12.6. The lowest BCUT2D eigenvalue weighted by atomic mass is 10.1. The molecule has 4 rings (SSSR count). The summed E-state index contributed by atoms with van der Waals surface area (Å²) in [4.78, 5) is 49.2. The molecule has 1 unspecified atom stereocenters. The molecule has 1 amide bonds. The number of amides is 1. The molecule has 0 aliphatic carbocycles. The summed E-state index contributed by atoms with van der Waals surface area (Å²) in [6.45, 7) is 4.79. The Kier molecular flexibility index (Phi) is 10.3. The summed E-state index contributed by atoms with van der Waals surface area (Å²) in [5.74, 6) is 2.53. The van der Waals surface area contributed by atoms with Crippen molar-refractivity contribution in [1.29, 1.82) is 0 Å². The monoisotopic (exact) mass is 609 g/mol. The van der Waals surface area contributed by atoms with Crippen LogP contribution < -0.4 is 4.74 Å². The number of fused-ring (bicyclic) bond motifs is 1. The Labute approximate surface area is 242 Å². The van der Waals surface area contributed by atoms with E-state index in [2.05, 4.69) is 21.7 Å². The maximum absolute atomic E-state index is 12.6. The van der Waals surface area contributed by atoms with E-state index in [1.165, 1.54) is 18.3 Å². The Morgan fingerprint density at radius 2 is 1.74 bits per heavy atom. The molecular weight excluding hydrogens is 583 g/mol. The van der Waals surface area contributed by atoms with Crippen LogP contribution in [0, 0.1) is 22.0 Å². The molecule has 43 heavy (non-hydrogen) atoms.